The lowest BCUT2D eigenvalue weighted by Crippen LogP contribution is -2.47. The van der Waals surface area contributed by atoms with Crippen molar-refractivity contribution in [3.05, 3.63) is 28.2 Å². The van der Waals surface area contributed by atoms with Gasteiger partial charge in [0.05, 0.1) is 0 Å². The number of nitrogens with one attached hydrogen (secondary N) is 1. The molecule has 21 heavy (non-hydrogen) atoms. The van der Waals surface area contributed by atoms with Crippen LogP contribution in [0.4, 0.5) is 0 Å². The highest BCUT2D eigenvalue weighted by atomic mass is 79.9. The van der Waals surface area contributed by atoms with E-state index in [9.17, 15) is 0 Å². The zero-order valence-electron chi connectivity index (χ0n) is 13.3. The Kier molecular flexibility index (Phi) is 4.33. The third-order valence-corrected chi connectivity index (χ3v) is 5.88. The van der Waals surface area contributed by atoms with Crippen molar-refractivity contribution >= 4 is 15.9 Å². The van der Waals surface area contributed by atoms with Gasteiger partial charge in [0.25, 0.3) is 0 Å². The number of rotatable bonds is 2. The van der Waals surface area contributed by atoms with E-state index in [0.29, 0.717) is 6.04 Å². The first-order valence-corrected chi connectivity index (χ1v) is 8.98. The van der Waals surface area contributed by atoms with Gasteiger partial charge in [-0.25, -0.2) is 0 Å². The quantitative estimate of drug-likeness (QED) is 0.802. The standard InChI is InChI=1S/C18H26BrNO/c1-12(2)13-5-4-8-18(10-13)11-16(20-3)15-9-14(19)6-7-17(15)21-18/h6-7,9,12-13,16,20H,4-5,8,10-11H2,1-3H3. The summed E-state index contributed by atoms with van der Waals surface area (Å²) in [5.74, 6) is 2.63. The minimum Gasteiger partial charge on any atom is -0.487 e. The summed E-state index contributed by atoms with van der Waals surface area (Å²) in [5.41, 5.74) is 1.34. The zero-order valence-corrected chi connectivity index (χ0v) is 14.9. The maximum atomic E-state index is 6.57. The van der Waals surface area contributed by atoms with Gasteiger partial charge in [-0.2, -0.15) is 0 Å². The average Bonchev–Trinajstić information content (AvgIpc) is 2.47. The first-order chi connectivity index (χ1) is 10.0. The normalized spacial score (nSPS) is 32.0. The molecule has 1 aliphatic carbocycles. The Morgan fingerprint density at radius 3 is 2.86 bits per heavy atom. The van der Waals surface area contributed by atoms with Gasteiger partial charge >= 0.3 is 0 Å². The molecular weight excluding hydrogens is 326 g/mol. The molecule has 2 aliphatic rings. The van der Waals surface area contributed by atoms with Crippen molar-refractivity contribution < 1.29 is 4.74 Å². The molecule has 3 atom stereocenters. The van der Waals surface area contributed by atoms with Crippen molar-refractivity contribution in [1.82, 2.24) is 5.32 Å². The molecule has 1 aromatic carbocycles. The van der Waals surface area contributed by atoms with E-state index in [4.69, 9.17) is 4.74 Å². The molecule has 116 valence electrons. The van der Waals surface area contributed by atoms with Crippen LogP contribution in [0.25, 0.3) is 0 Å². The van der Waals surface area contributed by atoms with Crippen LogP contribution in [0.3, 0.4) is 0 Å². The molecule has 0 radical (unpaired) electrons. The first-order valence-electron chi connectivity index (χ1n) is 8.19. The van der Waals surface area contributed by atoms with Crippen LogP contribution in [-0.2, 0) is 0 Å². The molecule has 0 amide bonds. The van der Waals surface area contributed by atoms with Gasteiger partial charge in [-0.05, 0) is 62.8 Å². The topological polar surface area (TPSA) is 21.3 Å². The minimum atomic E-state index is 0.0433. The molecule has 2 nitrogen and oxygen atoms in total. The Balaban J connectivity index is 1.91. The van der Waals surface area contributed by atoms with Crippen LogP contribution in [-0.4, -0.2) is 12.6 Å². The lowest BCUT2D eigenvalue weighted by molar-refractivity contribution is -0.0279. The summed E-state index contributed by atoms with van der Waals surface area (Å²) in [6.45, 7) is 4.71. The number of benzene rings is 1. The Hall–Kier alpha value is -0.540. The van der Waals surface area contributed by atoms with E-state index in [-0.39, 0.29) is 5.60 Å². The molecule has 1 aliphatic heterocycles. The third-order valence-electron chi connectivity index (χ3n) is 5.38. The lowest BCUT2D eigenvalue weighted by Gasteiger charge is -2.47. The molecule has 1 fully saturated rings. The van der Waals surface area contributed by atoms with Crippen molar-refractivity contribution in [2.75, 3.05) is 7.05 Å². The van der Waals surface area contributed by atoms with E-state index in [1.165, 1.54) is 31.2 Å². The van der Waals surface area contributed by atoms with Gasteiger partial charge in [-0.1, -0.05) is 29.8 Å². The molecular formula is C18H26BrNO. The molecule has 1 spiro atoms. The molecule has 1 saturated carbocycles. The second-order valence-electron chi connectivity index (χ2n) is 7.11. The van der Waals surface area contributed by atoms with Crippen LogP contribution in [0, 0.1) is 11.8 Å². The molecule has 0 aromatic heterocycles. The summed E-state index contributed by atoms with van der Waals surface area (Å²) in [4.78, 5) is 0. The van der Waals surface area contributed by atoms with E-state index in [0.717, 1.165) is 28.5 Å². The summed E-state index contributed by atoms with van der Waals surface area (Å²) >= 11 is 3.58. The summed E-state index contributed by atoms with van der Waals surface area (Å²) in [6, 6.07) is 6.82. The maximum Gasteiger partial charge on any atom is 0.125 e. The minimum absolute atomic E-state index is 0.0433. The van der Waals surface area contributed by atoms with Crippen LogP contribution in [0.1, 0.15) is 57.6 Å². The molecule has 1 aromatic rings. The van der Waals surface area contributed by atoms with Gasteiger partial charge in [0, 0.05) is 22.5 Å². The predicted octanol–water partition coefficient (Wildman–Crippen LogP) is 5.08. The van der Waals surface area contributed by atoms with Gasteiger partial charge in [0.15, 0.2) is 0 Å². The van der Waals surface area contributed by atoms with Crippen molar-refractivity contribution in [2.24, 2.45) is 11.8 Å². The van der Waals surface area contributed by atoms with Gasteiger partial charge in [-0.3, -0.25) is 0 Å². The van der Waals surface area contributed by atoms with E-state index < -0.39 is 0 Å². The van der Waals surface area contributed by atoms with Crippen LogP contribution in [0.2, 0.25) is 0 Å². The second-order valence-corrected chi connectivity index (χ2v) is 8.03. The Labute approximate surface area is 136 Å². The first kappa shape index (κ1) is 15.4. The monoisotopic (exact) mass is 351 g/mol. The van der Waals surface area contributed by atoms with Gasteiger partial charge in [0.2, 0.25) is 0 Å². The number of halogens is 1. The fourth-order valence-electron chi connectivity index (χ4n) is 4.11. The average molecular weight is 352 g/mol. The maximum absolute atomic E-state index is 6.57. The third kappa shape index (κ3) is 3.00. The van der Waals surface area contributed by atoms with E-state index in [1.807, 2.05) is 0 Å². The Bertz CT molecular complexity index is 516. The summed E-state index contributed by atoms with van der Waals surface area (Å²) < 4.78 is 7.70. The highest BCUT2D eigenvalue weighted by Gasteiger charge is 2.44. The summed E-state index contributed by atoms with van der Waals surface area (Å²) in [6.07, 6.45) is 6.16. The predicted molar refractivity (Wildman–Crippen MR) is 90.7 cm³/mol. The second kappa shape index (κ2) is 5.92. The van der Waals surface area contributed by atoms with Crippen molar-refractivity contribution in [2.45, 2.75) is 57.6 Å². The zero-order chi connectivity index (χ0) is 15.0. The number of hydrogen-bond acceptors (Lipinski definition) is 2. The molecule has 3 rings (SSSR count). The largest absolute Gasteiger partial charge is 0.487 e. The lowest BCUT2D eigenvalue weighted by atomic mass is 9.70. The fourth-order valence-corrected chi connectivity index (χ4v) is 4.49. The SMILES string of the molecule is CNC1CC2(CCCC(C(C)C)C2)Oc2ccc(Br)cc21. The van der Waals surface area contributed by atoms with Crippen molar-refractivity contribution in [1.29, 1.82) is 0 Å². The van der Waals surface area contributed by atoms with Gasteiger partial charge in [-0.15, -0.1) is 0 Å². The molecule has 3 unspecified atom stereocenters. The number of hydrogen-bond donors (Lipinski definition) is 1. The van der Waals surface area contributed by atoms with E-state index >= 15 is 0 Å². The Morgan fingerprint density at radius 1 is 1.33 bits per heavy atom. The smallest absolute Gasteiger partial charge is 0.125 e. The molecule has 0 saturated heterocycles. The molecule has 3 heteroatoms. The van der Waals surface area contributed by atoms with Gasteiger partial charge in [0.1, 0.15) is 11.4 Å². The van der Waals surface area contributed by atoms with E-state index in [1.54, 1.807) is 0 Å². The van der Waals surface area contributed by atoms with Crippen LogP contribution in [0.15, 0.2) is 22.7 Å². The highest BCUT2D eigenvalue weighted by Crippen LogP contribution is 2.49. The van der Waals surface area contributed by atoms with E-state index in [2.05, 4.69) is 60.3 Å². The van der Waals surface area contributed by atoms with Crippen LogP contribution >= 0.6 is 15.9 Å². The molecule has 0 bridgehead atoms. The molecule has 1 heterocycles. The van der Waals surface area contributed by atoms with Crippen molar-refractivity contribution in [3.63, 3.8) is 0 Å². The van der Waals surface area contributed by atoms with Crippen LogP contribution < -0.4 is 10.1 Å². The summed E-state index contributed by atoms with van der Waals surface area (Å²) in [7, 11) is 2.07. The van der Waals surface area contributed by atoms with Crippen molar-refractivity contribution in [3.8, 4) is 5.75 Å². The Morgan fingerprint density at radius 2 is 2.14 bits per heavy atom. The highest BCUT2D eigenvalue weighted by molar-refractivity contribution is 9.10. The van der Waals surface area contributed by atoms with Crippen LogP contribution in [0.5, 0.6) is 5.75 Å². The fraction of sp³-hybridized carbons (Fsp3) is 0.667. The number of fused-ring (bicyclic) bond motifs is 1. The number of ether oxygens (including phenoxy) is 1. The van der Waals surface area contributed by atoms with Gasteiger partial charge < -0.3 is 10.1 Å². The molecule has 1 N–H and O–H groups in total. The summed E-state index contributed by atoms with van der Waals surface area (Å²) in [5, 5.41) is 3.50.